The van der Waals surface area contributed by atoms with Gasteiger partial charge in [0.15, 0.2) is 0 Å². The molecule has 1 aliphatic carbocycles. The van der Waals surface area contributed by atoms with E-state index in [0.29, 0.717) is 6.54 Å². The quantitative estimate of drug-likeness (QED) is 0.586. The van der Waals surface area contributed by atoms with Crippen LogP contribution in [0.1, 0.15) is 33.1 Å². The normalized spacial score (nSPS) is 21.1. The third kappa shape index (κ3) is 2.45. The van der Waals surface area contributed by atoms with Crippen molar-refractivity contribution >= 4 is 5.91 Å². The van der Waals surface area contributed by atoms with Crippen molar-refractivity contribution in [3.8, 4) is 0 Å². The fourth-order valence-corrected chi connectivity index (χ4v) is 1.80. The monoisotopic (exact) mass is 200 g/mol. The number of carbonyl (C=O) groups is 1. The Kier molecular flexibility index (Phi) is 3.89. The highest BCUT2D eigenvalue weighted by atomic mass is 16.3. The maximum absolute atomic E-state index is 11.4. The van der Waals surface area contributed by atoms with Gasteiger partial charge in [0.1, 0.15) is 0 Å². The first kappa shape index (κ1) is 11.5. The average molecular weight is 200 g/mol. The van der Waals surface area contributed by atoms with E-state index in [9.17, 15) is 9.90 Å². The van der Waals surface area contributed by atoms with Crippen LogP contribution in [0.3, 0.4) is 0 Å². The number of rotatable bonds is 5. The zero-order valence-corrected chi connectivity index (χ0v) is 8.97. The third-order valence-corrected chi connectivity index (χ3v) is 2.88. The lowest BCUT2D eigenvalue weighted by Crippen LogP contribution is -2.60. The van der Waals surface area contributed by atoms with Gasteiger partial charge in [0, 0.05) is 12.1 Å². The molecule has 4 nitrogen and oxygen atoms in total. The number of likely N-dealkylation sites (N-methyl/N-ethyl adjacent to an activating group) is 1. The van der Waals surface area contributed by atoms with Gasteiger partial charge in [-0.15, -0.1) is 0 Å². The summed E-state index contributed by atoms with van der Waals surface area (Å²) in [6.45, 7) is 4.50. The molecule has 1 saturated carbocycles. The summed E-state index contributed by atoms with van der Waals surface area (Å²) in [6, 6.07) is -0.220. The highest BCUT2D eigenvalue weighted by molar-refractivity contribution is 5.81. The number of amides is 1. The lowest BCUT2D eigenvalue weighted by Gasteiger charge is -2.42. The van der Waals surface area contributed by atoms with Crippen LogP contribution in [0.2, 0.25) is 0 Å². The van der Waals surface area contributed by atoms with Crippen molar-refractivity contribution < 1.29 is 9.90 Å². The highest BCUT2D eigenvalue weighted by Crippen LogP contribution is 2.31. The minimum absolute atomic E-state index is 0.00669. The second kappa shape index (κ2) is 4.75. The first-order valence-corrected chi connectivity index (χ1v) is 5.30. The molecule has 1 atom stereocenters. The van der Waals surface area contributed by atoms with E-state index in [-0.39, 0.29) is 24.1 Å². The Morgan fingerprint density at radius 3 is 2.57 bits per heavy atom. The summed E-state index contributed by atoms with van der Waals surface area (Å²) in [4.78, 5) is 11.4. The van der Waals surface area contributed by atoms with Crippen LogP contribution in [0.15, 0.2) is 0 Å². The average Bonchev–Trinajstić information content (AvgIpc) is 2.11. The Morgan fingerprint density at radius 2 is 2.21 bits per heavy atom. The maximum Gasteiger partial charge on any atom is 0.236 e. The van der Waals surface area contributed by atoms with Crippen molar-refractivity contribution in [2.24, 2.45) is 0 Å². The van der Waals surface area contributed by atoms with Crippen LogP contribution in [0, 0.1) is 0 Å². The molecule has 3 N–H and O–H groups in total. The van der Waals surface area contributed by atoms with Gasteiger partial charge in [0.2, 0.25) is 5.91 Å². The summed E-state index contributed by atoms with van der Waals surface area (Å²) in [5, 5.41) is 15.2. The summed E-state index contributed by atoms with van der Waals surface area (Å²) < 4.78 is 0. The first-order chi connectivity index (χ1) is 6.63. The third-order valence-electron chi connectivity index (χ3n) is 2.88. The molecule has 0 bridgehead atoms. The largest absolute Gasteiger partial charge is 0.394 e. The van der Waals surface area contributed by atoms with Crippen LogP contribution in [0.25, 0.3) is 0 Å². The van der Waals surface area contributed by atoms with Gasteiger partial charge < -0.3 is 10.4 Å². The molecule has 1 aliphatic rings. The van der Waals surface area contributed by atoms with E-state index in [4.69, 9.17) is 0 Å². The van der Waals surface area contributed by atoms with Crippen LogP contribution in [-0.4, -0.2) is 35.7 Å². The number of aliphatic hydroxyl groups is 1. The fraction of sp³-hybridized carbons (Fsp3) is 0.900. The Labute approximate surface area is 85.1 Å². The molecule has 1 unspecified atom stereocenters. The molecule has 1 amide bonds. The van der Waals surface area contributed by atoms with Crippen molar-refractivity contribution in [1.82, 2.24) is 10.6 Å². The molecule has 0 heterocycles. The Morgan fingerprint density at radius 1 is 1.57 bits per heavy atom. The summed E-state index contributed by atoms with van der Waals surface area (Å²) in [5.74, 6) is 0.00669. The Balaban J connectivity index is 2.38. The number of hydrogen-bond donors (Lipinski definition) is 3. The Bertz CT molecular complexity index is 197. The minimum atomic E-state index is -0.220. The van der Waals surface area contributed by atoms with E-state index in [1.165, 1.54) is 0 Å². The molecule has 0 spiro atoms. The fourth-order valence-electron chi connectivity index (χ4n) is 1.80. The topological polar surface area (TPSA) is 61.4 Å². The molecule has 1 rings (SSSR count). The van der Waals surface area contributed by atoms with E-state index in [1.54, 1.807) is 0 Å². The molecule has 1 fully saturated rings. The van der Waals surface area contributed by atoms with Crippen LogP contribution < -0.4 is 10.6 Å². The first-order valence-electron chi connectivity index (χ1n) is 5.30. The lowest BCUT2D eigenvalue weighted by atomic mass is 9.77. The maximum atomic E-state index is 11.4. The SMILES string of the molecule is CCNC(=O)C(C)NC1(CO)CCC1. The molecule has 0 aromatic heterocycles. The molecule has 0 aromatic rings. The van der Waals surface area contributed by atoms with Gasteiger partial charge in [-0.25, -0.2) is 0 Å². The predicted octanol–water partition coefficient (Wildman–Crippen LogP) is 0.0156. The van der Waals surface area contributed by atoms with Crippen molar-refractivity contribution in [3.05, 3.63) is 0 Å². The molecule has 14 heavy (non-hydrogen) atoms. The van der Waals surface area contributed by atoms with Crippen LogP contribution in [-0.2, 0) is 4.79 Å². The molecular formula is C10H20N2O2. The molecule has 0 aromatic carbocycles. The van der Waals surface area contributed by atoms with Crippen LogP contribution in [0.4, 0.5) is 0 Å². The lowest BCUT2D eigenvalue weighted by molar-refractivity contribution is -0.123. The van der Waals surface area contributed by atoms with Gasteiger partial charge in [-0.1, -0.05) is 0 Å². The van der Waals surface area contributed by atoms with E-state index < -0.39 is 0 Å². The van der Waals surface area contributed by atoms with Crippen molar-refractivity contribution in [3.63, 3.8) is 0 Å². The summed E-state index contributed by atoms with van der Waals surface area (Å²) in [6.07, 6.45) is 3.07. The molecule has 0 aliphatic heterocycles. The van der Waals surface area contributed by atoms with Crippen LogP contribution in [0.5, 0.6) is 0 Å². The van der Waals surface area contributed by atoms with Gasteiger partial charge in [-0.2, -0.15) is 0 Å². The second-order valence-electron chi connectivity index (χ2n) is 4.05. The van der Waals surface area contributed by atoms with E-state index >= 15 is 0 Å². The second-order valence-corrected chi connectivity index (χ2v) is 4.05. The van der Waals surface area contributed by atoms with E-state index in [2.05, 4.69) is 10.6 Å². The van der Waals surface area contributed by atoms with Crippen molar-refractivity contribution in [2.45, 2.75) is 44.7 Å². The number of carbonyl (C=O) groups excluding carboxylic acids is 1. The van der Waals surface area contributed by atoms with Gasteiger partial charge in [-0.05, 0) is 33.1 Å². The number of aliphatic hydroxyl groups excluding tert-OH is 1. The highest BCUT2D eigenvalue weighted by Gasteiger charge is 2.38. The minimum Gasteiger partial charge on any atom is -0.394 e. The summed E-state index contributed by atoms with van der Waals surface area (Å²) >= 11 is 0. The molecule has 0 radical (unpaired) electrons. The van der Waals surface area contributed by atoms with Crippen LogP contribution >= 0.6 is 0 Å². The smallest absolute Gasteiger partial charge is 0.236 e. The Hall–Kier alpha value is -0.610. The summed E-state index contributed by atoms with van der Waals surface area (Å²) in [7, 11) is 0. The number of nitrogens with one attached hydrogen (secondary N) is 2. The zero-order chi connectivity index (χ0) is 10.6. The standard InChI is InChI=1S/C10H20N2O2/c1-3-11-9(14)8(2)12-10(7-13)5-4-6-10/h8,12-13H,3-7H2,1-2H3,(H,11,14). The van der Waals surface area contributed by atoms with Gasteiger partial charge >= 0.3 is 0 Å². The molecule has 4 heteroatoms. The molecule has 82 valence electrons. The van der Waals surface area contributed by atoms with Gasteiger partial charge in [0.25, 0.3) is 0 Å². The van der Waals surface area contributed by atoms with E-state index in [1.807, 2.05) is 13.8 Å². The van der Waals surface area contributed by atoms with Crippen molar-refractivity contribution in [2.75, 3.05) is 13.2 Å². The number of hydrogen-bond acceptors (Lipinski definition) is 3. The van der Waals surface area contributed by atoms with E-state index in [0.717, 1.165) is 19.3 Å². The molecule has 0 saturated heterocycles. The van der Waals surface area contributed by atoms with Gasteiger partial charge in [-0.3, -0.25) is 10.1 Å². The predicted molar refractivity (Wildman–Crippen MR) is 54.9 cm³/mol. The zero-order valence-electron chi connectivity index (χ0n) is 8.97. The van der Waals surface area contributed by atoms with Gasteiger partial charge in [0.05, 0.1) is 12.6 Å². The molecular weight excluding hydrogens is 180 g/mol. The van der Waals surface area contributed by atoms with Crippen molar-refractivity contribution in [1.29, 1.82) is 0 Å². The summed E-state index contributed by atoms with van der Waals surface area (Å²) in [5.41, 5.74) is -0.190.